The van der Waals surface area contributed by atoms with Crippen LogP contribution in [0, 0.1) is 0 Å². The lowest BCUT2D eigenvalue weighted by Crippen LogP contribution is -2.35. The summed E-state index contributed by atoms with van der Waals surface area (Å²) in [4.78, 5) is 8.10. The molecule has 0 aliphatic heterocycles. The minimum atomic E-state index is 0.0303. The number of aromatic nitrogens is 4. The monoisotopic (exact) mass is 251 g/mol. The molecule has 0 fully saturated rings. The maximum Gasteiger partial charge on any atom is 0.401 e. The Hall–Kier alpha value is -1.89. The highest BCUT2D eigenvalue weighted by molar-refractivity contribution is 5.04. The molecule has 0 saturated heterocycles. The SMILES string of the molecule is Cn1cnc(Oc2nc(CNC(C)(C)C)co2)n1. The number of nitrogens with one attached hydrogen (secondary N) is 1. The molecule has 0 saturated carbocycles. The molecule has 0 aliphatic carbocycles. The number of hydrogen-bond acceptors (Lipinski definition) is 6. The lowest BCUT2D eigenvalue weighted by Gasteiger charge is -2.19. The van der Waals surface area contributed by atoms with Gasteiger partial charge in [0, 0.05) is 19.1 Å². The molecule has 0 aliphatic rings. The van der Waals surface area contributed by atoms with E-state index in [0.717, 1.165) is 5.69 Å². The first-order chi connectivity index (χ1) is 8.42. The molecule has 18 heavy (non-hydrogen) atoms. The van der Waals surface area contributed by atoms with Crippen LogP contribution >= 0.6 is 0 Å². The molecule has 7 heteroatoms. The van der Waals surface area contributed by atoms with Crippen LogP contribution in [0.4, 0.5) is 0 Å². The van der Waals surface area contributed by atoms with Gasteiger partial charge in [0.2, 0.25) is 0 Å². The van der Waals surface area contributed by atoms with Gasteiger partial charge in [-0.15, -0.1) is 5.10 Å². The summed E-state index contributed by atoms with van der Waals surface area (Å²) < 4.78 is 12.0. The zero-order chi connectivity index (χ0) is 13.2. The summed E-state index contributed by atoms with van der Waals surface area (Å²) in [5.74, 6) is 0. The largest absolute Gasteiger partial charge is 0.417 e. The first-order valence-electron chi connectivity index (χ1n) is 5.65. The molecule has 2 aromatic heterocycles. The Morgan fingerprint density at radius 2 is 2.22 bits per heavy atom. The maximum absolute atomic E-state index is 5.26. The van der Waals surface area contributed by atoms with Crippen molar-refractivity contribution in [3.8, 4) is 12.1 Å². The smallest absolute Gasteiger partial charge is 0.401 e. The predicted molar refractivity (Wildman–Crippen MR) is 64.2 cm³/mol. The van der Waals surface area contributed by atoms with E-state index in [-0.39, 0.29) is 17.6 Å². The van der Waals surface area contributed by atoms with Gasteiger partial charge >= 0.3 is 12.1 Å². The van der Waals surface area contributed by atoms with E-state index < -0.39 is 0 Å². The first kappa shape index (κ1) is 12.6. The summed E-state index contributed by atoms with van der Waals surface area (Å²) in [7, 11) is 1.76. The lowest BCUT2D eigenvalue weighted by atomic mass is 10.1. The summed E-state index contributed by atoms with van der Waals surface area (Å²) in [6.45, 7) is 6.87. The molecule has 0 amide bonds. The van der Waals surface area contributed by atoms with Crippen LogP contribution in [0.2, 0.25) is 0 Å². The Kier molecular flexibility index (Phi) is 3.33. The molecular weight excluding hydrogens is 234 g/mol. The van der Waals surface area contributed by atoms with Crippen molar-refractivity contribution in [1.29, 1.82) is 0 Å². The lowest BCUT2D eigenvalue weighted by molar-refractivity contribution is 0.311. The zero-order valence-electron chi connectivity index (χ0n) is 11.0. The number of aryl methyl sites for hydroxylation is 1. The number of ether oxygens (including phenoxy) is 1. The van der Waals surface area contributed by atoms with E-state index in [0.29, 0.717) is 6.54 Å². The maximum atomic E-state index is 5.26. The van der Waals surface area contributed by atoms with Crippen molar-refractivity contribution in [1.82, 2.24) is 25.1 Å². The van der Waals surface area contributed by atoms with Gasteiger partial charge in [0.25, 0.3) is 0 Å². The molecule has 2 aromatic rings. The predicted octanol–water partition coefficient (Wildman–Crippen LogP) is 1.48. The Labute approximate surface area is 105 Å². The van der Waals surface area contributed by atoms with Gasteiger partial charge in [-0.25, -0.2) is 0 Å². The number of oxazole rings is 1. The van der Waals surface area contributed by atoms with Crippen molar-refractivity contribution >= 4 is 0 Å². The van der Waals surface area contributed by atoms with Crippen LogP contribution in [0.25, 0.3) is 0 Å². The normalized spacial score (nSPS) is 11.8. The van der Waals surface area contributed by atoms with Crippen LogP contribution < -0.4 is 10.1 Å². The third kappa shape index (κ3) is 3.56. The van der Waals surface area contributed by atoms with E-state index in [1.54, 1.807) is 24.3 Å². The Morgan fingerprint density at radius 3 is 2.83 bits per heavy atom. The van der Waals surface area contributed by atoms with Gasteiger partial charge in [-0.2, -0.15) is 9.97 Å². The third-order valence-corrected chi connectivity index (χ3v) is 2.09. The van der Waals surface area contributed by atoms with Gasteiger partial charge in [-0.05, 0) is 20.8 Å². The van der Waals surface area contributed by atoms with Crippen LogP contribution in [0.3, 0.4) is 0 Å². The Balaban J connectivity index is 1.94. The molecule has 0 aromatic carbocycles. The van der Waals surface area contributed by atoms with E-state index in [1.807, 2.05) is 0 Å². The highest BCUT2D eigenvalue weighted by atomic mass is 16.6. The summed E-state index contributed by atoms with van der Waals surface area (Å²) in [5.41, 5.74) is 0.804. The van der Waals surface area contributed by atoms with Gasteiger partial charge < -0.3 is 14.5 Å². The van der Waals surface area contributed by atoms with Gasteiger partial charge in [-0.3, -0.25) is 4.68 Å². The fourth-order valence-corrected chi connectivity index (χ4v) is 1.22. The van der Waals surface area contributed by atoms with Crippen molar-refractivity contribution in [2.24, 2.45) is 7.05 Å². The highest BCUT2D eigenvalue weighted by Crippen LogP contribution is 2.16. The second-order valence-electron chi connectivity index (χ2n) is 5.01. The van der Waals surface area contributed by atoms with Crippen molar-refractivity contribution in [3.63, 3.8) is 0 Å². The third-order valence-electron chi connectivity index (χ3n) is 2.09. The van der Waals surface area contributed by atoms with Crippen LogP contribution in [0.1, 0.15) is 26.5 Å². The van der Waals surface area contributed by atoms with Gasteiger partial charge in [0.1, 0.15) is 12.6 Å². The van der Waals surface area contributed by atoms with E-state index in [4.69, 9.17) is 9.15 Å². The first-order valence-corrected chi connectivity index (χ1v) is 5.65. The van der Waals surface area contributed by atoms with E-state index in [1.165, 1.54) is 0 Å². The average Bonchev–Trinajstić information content (AvgIpc) is 2.85. The summed E-state index contributed by atoms with van der Waals surface area (Å²) in [6, 6.07) is 0.217. The number of nitrogens with zero attached hydrogens (tertiary/aromatic N) is 4. The molecule has 2 rings (SSSR count). The van der Waals surface area contributed by atoms with Crippen LogP contribution in [-0.2, 0) is 13.6 Å². The van der Waals surface area contributed by atoms with Crippen LogP contribution in [-0.4, -0.2) is 25.3 Å². The van der Waals surface area contributed by atoms with Crippen LogP contribution in [0.5, 0.6) is 12.1 Å². The topological polar surface area (TPSA) is 78.0 Å². The fourth-order valence-electron chi connectivity index (χ4n) is 1.22. The molecule has 2 heterocycles. The second kappa shape index (κ2) is 4.77. The molecular formula is C11H17N5O2. The summed E-state index contributed by atoms with van der Waals surface area (Å²) >= 11 is 0. The molecule has 0 radical (unpaired) electrons. The summed E-state index contributed by atoms with van der Waals surface area (Å²) in [6.07, 6.45) is 3.24. The van der Waals surface area contributed by atoms with E-state index >= 15 is 0 Å². The van der Waals surface area contributed by atoms with Gasteiger partial charge in [0.05, 0.1) is 5.69 Å². The minimum Gasteiger partial charge on any atom is -0.417 e. The second-order valence-corrected chi connectivity index (χ2v) is 5.01. The van der Waals surface area contributed by atoms with Crippen molar-refractivity contribution in [3.05, 3.63) is 18.3 Å². The molecule has 1 N–H and O–H groups in total. The van der Waals surface area contributed by atoms with Crippen molar-refractivity contribution in [2.45, 2.75) is 32.9 Å². The van der Waals surface area contributed by atoms with E-state index in [2.05, 4.69) is 41.2 Å². The van der Waals surface area contributed by atoms with Crippen molar-refractivity contribution < 1.29 is 9.15 Å². The molecule has 0 bridgehead atoms. The average molecular weight is 251 g/mol. The molecule has 98 valence electrons. The number of hydrogen-bond donors (Lipinski definition) is 1. The molecule has 0 spiro atoms. The Morgan fingerprint density at radius 1 is 1.44 bits per heavy atom. The molecule has 7 nitrogen and oxygen atoms in total. The van der Waals surface area contributed by atoms with Crippen molar-refractivity contribution in [2.75, 3.05) is 0 Å². The highest BCUT2D eigenvalue weighted by Gasteiger charge is 2.12. The van der Waals surface area contributed by atoms with Gasteiger partial charge in [-0.1, -0.05) is 0 Å². The van der Waals surface area contributed by atoms with E-state index in [9.17, 15) is 0 Å². The quantitative estimate of drug-likeness (QED) is 0.886. The standard InChI is InChI=1S/C11H17N5O2/c1-11(2,3)13-5-8-6-17-10(14-8)18-9-12-7-16(4)15-9/h6-7,13H,5H2,1-4H3. The summed E-state index contributed by atoms with van der Waals surface area (Å²) in [5, 5.41) is 7.27. The zero-order valence-corrected chi connectivity index (χ0v) is 11.0. The fraction of sp³-hybridized carbons (Fsp3) is 0.545. The minimum absolute atomic E-state index is 0.0303. The molecule has 0 unspecified atom stereocenters. The van der Waals surface area contributed by atoms with Crippen LogP contribution in [0.15, 0.2) is 17.0 Å². The number of rotatable bonds is 4. The Bertz CT molecular complexity index is 511. The molecule has 0 atom stereocenters. The van der Waals surface area contributed by atoms with Gasteiger partial charge in [0.15, 0.2) is 0 Å².